The first-order valence-corrected chi connectivity index (χ1v) is 6.91. The summed E-state index contributed by atoms with van der Waals surface area (Å²) < 4.78 is 0. The van der Waals surface area contributed by atoms with E-state index in [2.05, 4.69) is 46.1 Å². The van der Waals surface area contributed by atoms with Gasteiger partial charge in [-0.15, -0.1) is 11.6 Å². The van der Waals surface area contributed by atoms with Crippen molar-refractivity contribution < 1.29 is 0 Å². The highest BCUT2D eigenvalue weighted by Crippen LogP contribution is 2.37. The molecule has 1 aliphatic rings. The lowest BCUT2D eigenvalue weighted by atomic mass is 10.1. The van der Waals surface area contributed by atoms with E-state index in [4.69, 9.17) is 11.6 Å². The summed E-state index contributed by atoms with van der Waals surface area (Å²) in [6, 6.07) is 10.4. The van der Waals surface area contributed by atoms with E-state index >= 15 is 0 Å². The summed E-state index contributed by atoms with van der Waals surface area (Å²) in [5.41, 5.74) is 4.70. The van der Waals surface area contributed by atoms with Crippen molar-refractivity contribution in [2.24, 2.45) is 0 Å². The fraction of sp³-hybridized carbons (Fsp3) is 0.267. The smallest absolute Gasteiger partial charge is 0.0649 e. The lowest BCUT2D eigenvalue weighted by molar-refractivity contribution is 0.818. The molecular weight excluding hydrogens is 258 g/mol. The Hall–Kier alpha value is -1.74. The van der Waals surface area contributed by atoms with E-state index < -0.39 is 0 Å². The summed E-state index contributed by atoms with van der Waals surface area (Å²) in [7, 11) is 2.13. The standard InChI is InChI=1S/C15H16ClN3/c1-18-8-9-19(14-5-3-2-4-13(14)18)15-11-17-7-6-12(15)10-16/h2-7,11H,8-10H2,1H3. The van der Waals surface area contributed by atoms with Gasteiger partial charge in [0.2, 0.25) is 0 Å². The number of para-hydroxylation sites is 2. The van der Waals surface area contributed by atoms with Gasteiger partial charge in [0.25, 0.3) is 0 Å². The van der Waals surface area contributed by atoms with Crippen LogP contribution in [-0.4, -0.2) is 25.1 Å². The quantitative estimate of drug-likeness (QED) is 0.782. The van der Waals surface area contributed by atoms with Crippen LogP contribution in [-0.2, 0) is 5.88 Å². The lowest BCUT2D eigenvalue weighted by Crippen LogP contribution is -2.36. The van der Waals surface area contributed by atoms with Gasteiger partial charge in [-0.05, 0) is 23.8 Å². The first kappa shape index (κ1) is 12.3. The molecule has 0 bridgehead atoms. The highest BCUT2D eigenvalue weighted by atomic mass is 35.5. The van der Waals surface area contributed by atoms with Gasteiger partial charge in [0.15, 0.2) is 0 Å². The number of rotatable bonds is 2. The molecule has 0 unspecified atom stereocenters. The zero-order valence-corrected chi connectivity index (χ0v) is 11.6. The topological polar surface area (TPSA) is 19.4 Å². The summed E-state index contributed by atoms with van der Waals surface area (Å²) in [6.07, 6.45) is 3.70. The molecule has 19 heavy (non-hydrogen) atoms. The van der Waals surface area contributed by atoms with E-state index in [1.807, 2.05) is 12.3 Å². The largest absolute Gasteiger partial charge is 0.371 e. The Labute approximate surface area is 118 Å². The molecule has 98 valence electrons. The Morgan fingerprint density at radius 2 is 1.89 bits per heavy atom. The maximum absolute atomic E-state index is 6.04. The summed E-state index contributed by atoms with van der Waals surface area (Å²) in [5.74, 6) is 0.506. The van der Waals surface area contributed by atoms with E-state index in [1.165, 1.54) is 11.4 Å². The molecule has 0 N–H and O–H groups in total. The van der Waals surface area contributed by atoms with E-state index in [0.29, 0.717) is 5.88 Å². The van der Waals surface area contributed by atoms with Gasteiger partial charge in [-0.3, -0.25) is 4.98 Å². The number of aromatic nitrogens is 1. The summed E-state index contributed by atoms with van der Waals surface area (Å²) in [6.45, 7) is 1.94. The van der Waals surface area contributed by atoms with E-state index in [9.17, 15) is 0 Å². The van der Waals surface area contributed by atoms with Crippen molar-refractivity contribution in [3.63, 3.8) is 0 Å². The maximum atomic E-state index is 6.04. The number of nitrogens with zero attached hydrogens (tertiary/aromatic N) is 3. The molecule has 2 aromatic rings. The minimum Gasteiger partial charge on any atom is -0.371 e. The fourth-order valence-electron chi connectivity index (χ4n) is 2.53. The number of hydrogen-bond acceptors (Lipinski definition) is 3. The first-order chi connectivity index (χ1) is 9.31. The second kappa shape index (κ2) is 5.10. The molecule has 0 amide bonds. The zero-order valence-electron chi connectivity index (χ0n) is 10.9. The molecule has 0 aliphatic carbocycles. The van der Waals surface area contributed by atoms with Gasteiger partial charge in [0.1, 0.15) is 0 Å². The summed E-state index contributed by atoms with van der Waals surface area (Å²) in [5, 5.41) is 0. The van der Waals surface area contributed by atoms with Gasteiger partial charge in [0.05, 0.1) is 23.3 Å². The van der Waals surface area contributed by atoms with Crippen LogP contribution in [0.2, 0.25) is 0 Å². The van der Waals surface area contributed by atoms with E-state index in [1.54, 1.807) is 6.20 Å². The van der Waals surface area contributed by atoms with Crippen molar-refractivity contribution in [1.29, 1.82) is 0 Å². The molecule has 1 aromatic carbocycles. The molecule has 0 saturated heterocycles. The molecule has 0 fully saturated rings. The molecule has 0 spiro atoms. The van der Waals surface area contributed by atoms with Gasteiger partial charge >= 0.3 is 0 Å². The normalized spacial score (nSPS) is 14.4. The Morgan fingerprint density at radius 1 is 1.11 bits per heavy atom. The molecule has 4 heteroatoms. The lowest BCUT2D eigenvalue weighted by Gasteiger charge is -2.37. The molecular formula is C15H16ClN3. The van der Waals surface area contributed by atoms with Gasteiger partial charge in [-0.2, -0.15) is 0 Å². The van der Waals surface area contributed by atoms with Crippen molar-refractivity contribution >= 4 is 28.7 Å². The van der Waals surface area contributed by atoms with Gasteiger partial charge in [0, 0.05) is 32.2 Å². The predicted molar refractivity (Wildman–Crippen MR) is 80.5 cm³/mol. The monoisotopic (exact) mass is 273 g/mol. The molecule has 2 heterocycles. The van der Waals surface area contributed by atoms with Crippen LogP contribution in [0.1, 0.15) is 5.56 Å². The van der Waals surface area contributed by atoms with Crippen LogP contribution in [0.5, 0.6) is 0 Å². The van der Waals surface area contributed by atoms with Crippen molar-refractivity contribution in [3.05, 3.63) is 48.3 Å². The minimum atomic E-state index is 0.506. The molecule has 3 nitrogen and oxygen atoms in total. The number of halogens is 1. The van der Waals surface area contributed by atoms with Crippen LogP contribution in [0.15, 0.2) is 42.7 Å². The highest BCUT2D eigenvalue weighted by Gasteiger charge is 2.22. The average molecular weight is 274 g/mol. The first-order valence-electron chi connectivity index (χ1n) is 6.38. The molecule has 0 atom stereocenters. The number of fused-ring (bicyclic) bond motifs is 1. The third-order valence-electron chi connectivity index (χ3n) is 3.57. The number of alkyl halides is 1. The predicted octanol–water partition coefficient (Wildman–Crippen LogP) is 3.41. The number of hydrogen-bond donors (Lipinski definition) is 0. The Morgan fingerprint density at radius 3 is 2.68 bits per heavy atom. The zero-order chi connectivity index (χ0) is 13.2. The average Bonchev–Trinajstić information content (AvgIpc) is 2.48. The minimum absolute atomic E-state index is 0.506. The van der Waals surface area contributed by atoms with Crippen LogP contribution in [0.3, 0.4) is 0 Å². The molecule has 1 aromatic heterocycles. The van der Waals surface area contributed by atoms with Gasteiger partial charge < -0.3 is 9.80 Å². The molecule has 1 aliphatic heterocycles. The second-order valence-electron chi connectivity index (χ2n) is 4.70. The Balaban J connectivity index is 2.10. The molecule has 0 saturated carbocycles. The summed E-state index contributed by atoms with van der Waals surface area (Å²) >= 11 is 6.04. The SMILES string of the molecule is CN1CCN(c2cnccc2CCl)c2ccccc21. The number of pyridine rings is 1. The Kier molecular flexibility index (Phi) is 3.30. The van der Waals surface area contributed by atoms with Gasteiger partial charge in [-0.25, -0.2) is 0 Å². The van der Waals surface area contributed by atoms with Gasteiger partial charge in [-0.1, -0.05) is 12.1 Å². The van der Waals surface area contributed by atoms with Crippen LogP contribution < -0.4 is 9.80 Å². The third-order valence-corrected chi connectivity index (χ3v) is 3.85. The third kappa shape index (κ3) is 2.15. The number of benzene rings is 1. The van der Waals surface area contributed by atoms with Crippen molar-refractivity contribution in [3.8, 4) is 0 Å². The van der Waals surface area contributed by atoms with E-state index in [0.717, 1.165) is 24.3 Å². The number of anilines is 3. The van der Waals surface area contributed by atoms with Crippen molar-refractivity contribution in [2.45, 2.75) is 5.88 Å². The van der Waals surface area contributed by atoms with Crippen LogP contribution in [0, 0.1) is 0 Å². The summed E-state index contributed by atoms with van der Waals surface area (Å²) in [4.78, 5) is 8.83. The van der Waals surface area contributed by atoms with Crippen LogP contribution in [0.25, 0.3) is 0 Å². The Bertz CT molecular complexity index is 585. The second-order valence-corrected chi connectivity index (χ2v) is 4.97. The van der Waals surface area contributed by atoms with Crippen LogP contribution >= 0.6 is 11.6 Å². The highest BCUT2D eigenvalue weighted by molar-refractivity contribution is 6.17. The van der Waals surface area contributed by atoms with Crippen LogP contribution in [0.4, 0.5) is 17.1 Å². The molecule has 3 rings (SSSR count). The van der Waals surface area contributed by atoms with Crippen molar-refractivity contribution in [1.82, 2.24) is 4.98 Å². The van der Waals surface area contributed by atoms with Crippen molar-refractivity contribution in [2.75, 3.05) is 29.9 Å². The fourth-order valence-corrected chi connectivity index (χ4v) is 2.75. The van der Waals surface area contributed by atoms with E-state index in [-0.39, 0.29) is 0 Å². The number of likely N-dealkylation sites (N-methyl/N-ethyl adjacent to an activating group) is 1. The molecule has 0 radical (unpaired) electrons. The maximum Gasteiger partial charge on any atom is 0.0649 e.